The van der Waals surface area contributed by atoms with Crippen LogP contribution in [0.3, 0.4) is 0 Å². The number of carbonyl (C=O) groups excluding carboxylic acids is 2. The SMILES string of the molecule is COC(=O)CC(=O)Nc1ccccc1[N+](=O)[O-]. The number of carbonyl (C=O) groups is 2. The van der Waals surface area contributed by atoms with Gasteiger partial charge in [-0.1, -0.05) is 12.1 Å². The maximum absolute atomic E-state index is 11.3. The predicted octanol–water partition coefficient (Wildman–Crippen LogP) is 1.10. The van der Waals surface area contributed by atoms with Gasteiger partial charge in [0.25, 0.3) is 5.69 Å². The first-order chi connectivity index (χ1) is 8.04. The summed E-state index contributed by atoms with van der Waals surface area (Å²) in [5.74, 6) is -1.37. The molecule has 0 bridgehead atoms. The van der Waals surface area contributed by atoms with Crippen molar-refractivity contribution >= 4 is 23.3 Å². The van der Waals surface area contributed by atoms with Crippen LogP contribution in [0.15, 0.2) is 24.3 Å². The monoisotopic (exact) mass is 238 g/mol. The van der Waals surface area contributed by atoms with Crippen LogP contribution in [0, 0.1) is 10.1 Å². The minimum Gasteiger partial charge on any atom is -0.469 e. The van der Waals surface area contributed by atoms with E-state index in [9.17, 15) is 19.7 Å². The number of hydrogen-bond acceptors (Lipinski definition) is 5. The van der Waals surface area contributed by atoms with Gasteiger partial charge in [0.15, 0.2) is 0 Å². The van der Waals surface area contributed by atoms with Crippen LogP contribution in [0.1, 0.15) is 6.42 Å². The molecule has 1 N–H and O–H groups in total. The lowest BCUT2D eigenvalue weighted by atomic mass is 10.2. The van der Waals surface area contributed by atoms with Crippen LogP contribution in [-0.4, -0.2) is 23.9 Å². The maximum atomic E-state index is 11.3. The zero-order chi connectivity index (χ0) is 12.8. The van der Waals surface area contributed by atoms with Crippen LogP contribution in [0.4, 0.5) is 11.4 Å². The highest BCUT2D eigenvalue weighted by Gasteiger charge is 2.16. The first-order valence-corrected chi connectivity index (χ1v) is 4.64. The number of nitrogens with one attached hydrogen (secondary N) is 1. The molecule has 0 aromatic heterocycles. The van der Waals surface area contributed by atoms with E-state index in [0.717, 1.165) is 7.11 Å². The summed E-state index contributed by atoms with van der Waals surface area (Å²) < 4.78 is 4.30. The molecule has 7 heteroatoms. The van der Waals surface area contributed by atoms with Crippen molar-refractivity contribution in [3.8, 4) is 0 Å². The van der Waals surface area contributed by atoms with E-state index in [1.807, 2.05) is 0 Å². The summed E-state index contributed by atoms with van der Waals surface area (Å²) in [6.07, 6.45) is -0.484. The number of ether oxygens (including phenoxy) is 1. The number of nitrogens with zero attached hydrogens (tertiary/aromatic N) is 1. The Morgan fingerprint density at radius 2 is 2.06 bits per heavy atom. The molecule has 0 aliphatic rings. The molecule has 90 valence electrons. The lowest BCUT2D eigenvalue weighted by Crippen LogP contribution is -2.17. The van der Waals surface area contributed by atoms with Gasteiger partial charge in [-0.25, -0.2) is 0 Å². The fourth-order valence-corrected chi connectivity index (χ4v) is 1.14. The Morgan fingerprint density at radius 3 is 2.65 bits per heavy atom. The Balaban J connectivity index is 2.78. The molecule has 0 heterocycles. The van der Waals surface area contributed by atoms with Crippen molar-refractivity contribution < 1.29 is 19.2 Å². The van der Waals surface area contributed by atoms with Gasteiger partial charge < -0.3 is 10.1 Å². The van der Waals surface area contributed by atoms with Gasteiger partial charge in [0.05, 0.1) is 12.0 Å². The molecule has 1 aromatic carbocycles. The normalized spacial score (nSPS) is 9.47. The van der Waals surface area contributed by atoms with E-state index in [0.29, 0.717) is 0 Å². The molecular formula is C10H10N2O5. The molecule has 17 heavy (non-hydrogen) atoms. The standard InChI is InChI=1S/C10H10N2O5/c1-17-10(14)6-9(13)11-7-4-2-3-5-8(7)12(15)16/h2-5H,6H2,1H3,(H,11,13). The highest BCUT2D eigenvalue weighted by Crippen LogP contribution is 2.23. The first-order valence-electron chi connectivity index (χ1n) is 4.64. The molecule has 0 spiro atoms. The van der Waals surface area contributed by atoms with E-state index >= 15 is 0 Å². The van der Waals surface area contributed by atoms with E-state index in [1.54, 1.807) is 6.07 Å². The summed E-state index contributed by atoms with van der Waals surface area (Å²) in [6, 6.07) is 5.66. The number of rotatable bonds is 4. The molecule has 0 fully saturated rings. The predicted molar refractivity (Wildman–Crippen MR) is 58.4 cm³/mol. The fourth-order valence-electron chi connectivity index (χ4n) is 1.14. The summed E-state index contributed by atoms with van der Waals surface area (Å²) in [5, 5.41) is 12.9. The van der Waals surface area contributed by atoms with Crippen LogP contribution < -0.4 is 5.32 Å². The van der Waals surface area contributed by atoms with Gasteiger partial charge in [-0.2, -0.15) is 0 Å². The number of para-hydroxylation sites is 2. The number of hydrogen-bond donors (Lipinski definition) is 1. The zero-order valence-corrected chi connectivity index (χ0v) is 9.00. The largest absolute Gasteiger partial charge is 0.469 e. The Kier molecular flexibility index (Phi) is 4.15. The second-order valence-electron chi connectivity index (χ2n) is 3.08. The fraction of sp³-hybridized carbons (Fsp3) is 0.200. The van der Waals surface area contributed by atoms with Crippen molar-refractivity contribution in [3.05, 3.63) is 34.4 Å². The minimum atomic E-state index is -0.707. The van der Waals surface area contributed by atoms with Crippen molar-refractivity contribution in [1.29, 1.82) is 0 Å². The number of methoxy groups -OCH3 is 1. The number of nitro groups is 1. The molecule has 1 aromatic rings. The molecule has 0 unspecified atom stereocenters. The third-order valence-electron chi connectivity index (χ3n) is 1.91. The molecule has 1 rings (SSSR count). The van der Waals surface area contributed by atoms with Crippen LogP contribution >= 0.6 is 0 Å². The first kappa shape index (κ1) is 12.6. The zero-order valence-electron chi connectivity index (χ0n) is 9.00. The third-order valence-corrected chi connectivity index (χ3v) is 1.91. The lowest BCUT2D eigenvalue weighted by Gasteiger charge is -2.04. The quantitative estimate of drug-likeness (QED) is 0.366. The van der Waals surface area contributed by atoms with Crippen LogP contribution in [0.2, 0.25) is 0 Å². The van der Waals surface area contributed by atoms with Crippen LogP contribution in [0.5, 0.6) is 0 Å². The second-order valence-corrected chi connectivity index (χ2v) is 3.08. The van der Waals surface area contributed by atoms with E-state index in [-0.39, 0.29) is 11.4 Å². The van der Waals surface area contributed by atoms with E-state index in [1.165, 1.54) is 18.2 Å². The van der Waals surface area contributed by atoms with Crippen molar-refractivity contribution in [3.63, 3.8) is 0 Å². The number of amides is 1. The van der Waals surface area contributed by atoms with Gasteiger partial charge in [0.1, 0.15) is 12.1 Å². The van der Waals surface area contributed by atoms with Crippen molar-refractivity contribution in [2.75, 3.05) is 12.4 Å². The topological polar surface area (TPSA) is 98.5 Å². The molecule has 1 amide bonds. The summed E-state index contributed by atoms with van der Waals surface area (Å²) in [4.78, 5) is 32.2. The maximum Gasteiger partial charge on any atom is 0.315 e. The molecule has 0 atom stereocenters. The van der Waals surface area contributed by atoms with Gasteiger partial charge in [-0.05, 0) is 6.07 Å². The van der Waals surface area contributed by atoms with E-state index in [2.05, 4.69) is 10.1 Å². The average Bonchev–Trinajstić information content (AvgIpc) is 2.29. The van der Waals surface area contributed by atoms with Gasteiger partial charge in [-0.3, -0.25) is 19.7 Å². The molecule has 7 nitrogen and oxygen atoms in total. The van der Waals surface area contributed by atoms with Crippen molar-refractivity contribution in [2.24, 2.45) is 0 Å². The van der Waals surface area contributed by atoms with E-state index in [4.69, 9.17) is 0 Å². The molecule has 0 saturated carbocycles. The molecular weight excluding hydrogens is 228 g/mol. The Bertz CT molecular complexity index is 458. The number of anilines is 1. The van der Waals surface area contributed by atoms with Gasteiger partial charge >= 0.3 is 5.97 Å². The van der Waals surface area contributed by atoms with Gasteiger partial charge in [0, 0.05) is 6.07 Å². The number of benzene rings is 1. The molecule has 0 radical (unpaired) electrons. The van der Waals surface area contributed by atoms with Crippen molar-refractivity contribution in [1.82, 2.24) is 0 Å². The van der Waals surface area contributed by atoms with E-state index < -0.39 is 23.2 Å². The molecule has 0 aliphatic carbocycles. The minimum absolute atomic E-state index is 0.0476. The third kappa shape index (κ3) is 3.56. The molecule has 0 aliphatic heterocycles. The number of esters is 1. The second kappa shape index (κ2) is 5.59. The number of nitro benzene ring substituents is 1. The lowest BCUT2D eigenvalue weighted by molar-refractivity contribution is -0.383. The summed E-state index contributed by atoms with van der Waals surface area (Å²) in [5.41, 5.74) is -0.183. The summed E-state index contributed by atoms with van der Waals surface area (Å²) >= 11 is 0. The van der Waals surface area contributed by atoms with Crippen molar-refractivity contribution in [2.45, 2.75) is 6.42 Å². The highest BCUT2D eigenvalue weighted by molar-refractivity contribution is 6.02. The van der Waals surface area contributed by atoms with Gasteiger partial charge in [-0.15, -0.1) is 0 Å². The Labute approximate surface area is 96.5 Å². The summed E-state index contributed by atoms with van der Waals surface area (Å²) in [7, 11) is 1.15. The van der Waals surface area contributed by atoms with Crippen LogP contribution in [-0.2, 0) is 14.3 Å². The van der Waals surface area contributed by atoms with Crippen LogP contribution in [0.25, 0.3) is 0 Å². The average molecular weight is 238 g/mol. The Hall–Kier alpha value is -2.44. The smallest absolute Gasteiger partial charge is 0.315 e. The highest BCUT2D eigenvalue weighted by atomic mass is 16.6. The summed E-state index contributed by atoms with van der Waals surface area (Å²) in [6.45, 7) is 0. The molecule has 0 saturated heterocycles. The Morgan fingerprint density at radius 1 is 1.41 bits per heavy atom. The van der Waals surface area contributed by atoms with Gasteiger partial charge in [0.2, 0.25) is 5.91 Å².